The van der Waals surface area contributed by atoms with Crippen molar-refractivity contribution in [2.45, 2.75) is 45.6 Å². The van der Waals surface area contributed by atoms with E-state index in [2.05, 4.69) is 13.8 Å². The highest BCUT2D eigenvalue weighted by molar-refractivity contribution is 5.81. The van der Waals surface area contributed by atoms with E-state index >= 15 is 0 Å². The van der Waals surface area contributed by atoms with Crippen LogP contribution in [0.5, 0.6) is 5.75 Å². The van der Waals surface area contributed by atoms with Gasteiger partial charge in [-0.15, -0.1) is 0 Å². The highest BCUT2D eigenvalue weighted by Gasteiger charge is 2.30. The third kappa shape index (κ3) is 4.28. The van der Waals surface area contributed by atoms with Crippen molar-refractivity contribution >= 4 is 11.9 Å². The van der Waals surface area contributed by atoms with E-state index in [4.69, 9.17) is 9.47 Å². The number of benzene rings is 1. The Morgan fingerprint density at radius 1 is 1.12 bits per heavy atom. The summed E-state index contributed by atoms with van der Waals surface area (Å²) >= 11 is 0. The van der Waals surface area contributed by atoms with Crippen LogP contribution in [0.1, 0.15) is 45.1 Å². The fourth-order valence-corrected chi connectivity index (χ4v) is 3.07. The van der Waals surface area contributed by atoms with Gasteiger partial charge in [-0.1, -0.05) is 32.0 Å². The second-order valence-corrected chi connectivity index (χ2v) is 6.58. The maximum absolute atomic E-state index is 12.6. The summed E-state index contributed by atoms with van der Waals surface area (Å²) in [4.78, 5) is 26.0. The largest absolute Gasteiger partial charge is 0.481 e. The number of carbonyl (C=O) groups is 2. The zero-order valence-electron chi connectivity index (χ0n) is 15.0. The molecular formula is C19H27NO4. The lowest BCUT2D eigenvalue weighted by Crippen LogP contribution is -2.45. The van der Waals surface area contributed by atoms with E-state index in [-0.39, 0.29) is 17.8 Å². The fraction of sp³-hybridized carbons (Fsp3) is 0.579. The molecule has 1 aromatic rings. The molecule has 1 aliphatic rings. The summed E-state index contributed by atoms with van der Waals surface area (Å²) in [7, 11) is 1.40. The van der Waals surface area contributed by atoms with Gasteiger partial charge in [-0.2, -0.15) is 0 Å². The molecule has 1 aliphatic heterocycles. The molecule has 1 aromatic carbocycles. The van der Waals surface area contributed by atoms with Crippen LogP contribution in [0.2, 0.25) is 0 Å². The molecular weight excluding hydrogens is 306 g/mol. The van der Waals surface area contributed by atoms with E-state index in [9.17, 15) is 9.59 Å². The number of likely N-dealkylation sites (tertiary alicyclic amines) is 1. The second-order valence-electron chi connectivity index (χ2n) is 6.58. The number of esters is 1. The summed E-state index contributed by atoms with van der Waals surface area (Å²) in [6.45, 7) is 7.13. The predicted molar refractivity (Wildman–Crippen MR) is 91.9 cm³/mol. The topological polar surface area (TPSA) is 55.8 Å². The van der Waals surface area contributed by atoms with E-state index in [0.29, 0.717) is 31.8 Å². The van der Waals surface area contributed by atoms with Crippen LogP contribution in [0.15, 0.2) is 24.3 Å². The predicted octanol–water partition coefficient (Wildman–Crippen LogP) is 2.99. The maximum atomic E-state index is 12.6. The van der Waals surface area contributed by atoms with Gasteiger partial charge in [-0.3, -0.25) is 9.59 Å². The molecule has 0 N–H and O–H groups in total. The fourth-order valence-electron chi connectivity index (χ4n) is 3.07. The monoisotopic (exact) mass is 333 g/mol. The number of para-hydroxylation sites is 1. The molecule has 1 atom stereocenters. The van der Waals surface area contributed by atoms with Crippen molar-refractivity contribution in [1.29, 1.82) is 0 Å². The molecule has 1 amide bonds. The lowest BCUT2D eigenvalue weighted by Gasteiger charge is -2.32. The quantitative estimate of drug-likeness (QED) is 0.777. The third-order valence-corrected chi connectivity index (χ3v) is 4.53. The van der Waals surface area contributed by atoms with Crippen molar-refractivity contribution in [3.8, 4) is 5.75 Å². The van der Waals surface area contributed by atoms with Gasteiger partial charge in [0.1, 0.15) is 5.75 Å². The molecule has 0 saturated carbocycles. The number of hydrogen-bond donors (Lipinski definition) is 0. The molecule has 0 aromatic heterocycles. The van der Waals surface area contributed by atoms with Gasteiger partial charge in [0.2, 0.25) is 0 Å². The standard InChI is InChI=1S/C19H27NO4/c1-13(2)16-7-5-6-8-17(16)24-14(3)18(21)20-11-9-15(10-12-20)19(22)23-4/h5-8,13-15H,9-12H2,1-4H3/t14-/m0/s1. The number of carbonyl (C=O) groups excluding carboxylic acids is 2. The molecule has 0 aliphatic carbocycles. The molecule has 1 saturated heterocycles. The number of nitrogens with zero attached hydrogens (tertiary/aromatic N) is 1. The first-order valence-corrected chi connectivity index (χ1v) is 8.56. The number of rotatable bonds is 5. The summed E-state index contributed by atoms with van der Waals surface area (Å²) < 4.78 is 10.7. The van der Waals surface area contributed by atoms with Crippen LogP contribution in [-0.4, -0.2) is 43.1 Å². The van der Waals surface area contributed by atoms with Crippen molar-refractivity contribution < 1.29 is 19.1 Å². The van der Waals surface area contributed by atoms with Crippen molar-refractivity contribution in [3.05, 3.63) is 29.8 Å². The van der Waals surface area contributed by atoms with E-state index in [1.54, 1.807) is 11.8 Å². The summed E-state index contributed by atoms with van der Waals surface area (Å²) in [5.41, 5.74) is 1.10. The van der Waals surface area contributed by atoms with Crippen LogP contribution in [0.3, 0.4) is 0 Å². The molecule has 5 nitrogen and oxygen atoms in total. The van der Waals surface area contributed by atoms with Gasteiger partial charge in [-0.05, 0) is 37.3 Å². The Balaban J connectivity index is 1.95. The minimum absolute atomic E-state index is 0.0307. The Hall–Kier alpha value is -2.04. The normalized spacial score (nSPS) is 16.8. The van der Waals surface area contributed by atoms with Crippen molar-refractivity contribution in [2.24, 2.45) is 5.92 Å². The lowest BCUT2D eigenvalue weighted by molar-refractivity contribution is -0.150. The molecule has 2 rings (SSSR count). The molecule has 0 radical (unpaired) electrons. The number of methoxy groups -OCH3 is 1. The summed E-state index contributed by atoms with van der Waals surface area (Å²) in [5, 5.41) is 0. The minimum Gasteiger partial charge on any atom is -0.481 e. The Bertz CT molecular complexity index is 576. The van der Waals surface area contributed by atoms with Crippen molar-refractivity contribution in [2.75, 3.05) is 20.2 Å². The average molecular weight is 333 g/mol. The number of hydrogen-bond acceptors (Lipinski definition) is 4. The van der Waals surface area contributed by atoms with E-state index in [0.717, 1.165) is 11.3 Å². The van der Waals surface area contributed by atoms with Gasteiger partial charge in [0.05, 0.1) is 13.0 Å². The molecule has 1 fully saturated rings. The minimum atomic E-state index is -0.542. The Kier molecular flexibility index (Phi) is 6.23. The van der Waals surface area contributed by atoms with Crippen LogP contribution in [0.4, 0.5) is 0 Å². The average Bonchev–Trinajstić information content (AvgIpc) is 2.60. The lowest BCUT2D eigenvalue weighted by atomic mass is 9.97. The number of ether oxygens (including phenoxy) is 2. The molecule has 0 unspecified atom stereocenters. The first-order chi connectivity index (χ1) is 11.4. The highest BCUT2D eigenvalue weighted by atomic mass is 16.5. The zero-order chi connectivity index (χ0) is 17.7. The second kappa shape index (κ2) is 8.18. The molecule has 5 heteroatoms. The summed E-state index contributed by atoms with van der Waals surface area (Å²) in [6, 6.07) is 7.83. The van der Waals surface area contributed by atoms with Crippen LogP contribution < -0.4 is 4.74 Å². The molecule has 0 bridgehead atoms. The van der Waals surface area contributed by atoms with E-state index in [1.807, 2.05) is 24.3 Å². The third-order valence-electron chi connectivity index (χ3n) is 4.53. The van der Waals surface area contributed by atoms with Gasteiger partial charge >= 0.3 is 5.97 Å². The van der Waals surface area contributed by atoms with Gasteiger partial charge in [0, 0.05) is 13.1 Å². The van der Waals surface area contributed by atoms with Crippen LogP contribution in [0.25, 0.3) is 0 Å². The van der Waals surface area contributed by atoms with Gasteiger partial charge in [-0.25, -0.2) is 0 Å². The zero-order valence-corrected chi connectivity index (χ0v) is 15.0. The molecule has 132 valence electrons. The van der Waals surface area contributed by atoms with Crippen molar-refractivity contribution in [3.63, 3.8) is 0 Å². The highest BCUT2D eigenvalue weighted by Crippen LogP contribution is 2.27. The Labute approximate surface area is 143 Å². The van der Waals surface area contributed by atoms with E-state index in [1.165, 1.54) is 7.11 Å². The smallest absolute Gasteiger partial charge is 0.308 e. The van der Waals surface area contributed by atoms with Gasteiger partial charge < -0.3 is 14.4 Å². The molecule has 0 spiro atoms. The van der Waals surface area contributed by atoms with Crippen LogP contribution in [0, 0.1) is 5.92 Å². The molecule has 24 heavy (non-hydrogen) atoms. The van der Waals surface area contributed by atoms with Crippen LogP contribution >= 0.6 is 0 Å². The number of piperidine rings is 1. The Morgan fingerprint density at radius 3 is 2.33 bits per heavy atom. The van der Waals surface area contributed by atoms with Crippen LogP contribution in [-0.2, 0) is 14.3 Å². The summed E-state index contributed by atoms with van der Waals surface area (Å²) in [5.74, 6) is 0.781. The molecule has 1 heterocycles. The van der Waals surface area contributed by atoms with E-state index < -0.39 is 6.10 Å². The summed E-state index contributed by atoms with van der Waals surface area (Å²) in [6.07, 6.45) is 0.751. The van der Waals surface area contributed by atoms with Gasteiger partial charge in [0.15, 0.2) is 6.10 Å². The van der Waals surface area contributed by atoms with Crippen molar-refractivity contribution in [1.82, 2.24) is 4.90 Å². The number of amides is 1. The Morgan fingerprint density at radius 2 is 1.75 bits per heavy atom. The first kappa shape index (κ1) is 18.3. The van der Waals surface area contributed by atoms with Gasteiger partial charge in [0.25, 0.3) is 5.91 Å². The first-order valence-electron chi connectivity index (χ1n) is 8.56. The maximum Gasteiger partial charge on any atom is 0.308 e. The SMILES string of the molecule is COC(=O)C1CCN(C(=O)[C@H](C)Oc2ccccc2C(C)C)CC1.